The van der Waals surface area contributed by atoms with Gasteiger partial charge in [0.15, 0.2) is 0 Å². The number of hydrogen-bond acceptors (Lipinski definition) is 2. The van der Waals surface area contributed by atoms with Gasteiger partial charge in [0.25, 0.3) is 0 Å². The van der Waals surface area contributed by atoms with E-state index in [-0.39, 0.29) is 24.5 Å². The molecule has 0 heterocycles. The third-order valence-electron chi connectivity index (χ3n) is 4.02. The zero-order chi connectivity index (χ0) is 15.1. The van der Waals surface area contributed by atoms with E-state index in [9.17, 15) is 9.59 Å². The molecule has 0 aliphatic heterocycles. The van der Waals surface area contributed by atoms with E-state index in [1.165, 1.54) is 5.56 Å². The summed E-state index contributed by atoms with van der Waals surface area (Å²) in [6, 6.07) is 10.5. The molecule has 1 saturated carbocycles. The van der Waals surface area contributed by atoms with Gasteiger partial charge in [0.1, 0.15) is 0 Å². The van der Waals surface area contributed by atoms with E-state index >= 15 is 0 Å². The molecule has 0 saturated heterocycles. The van der Waals surface area contributed by atoms with Crippen LogP contribution in [0.4, 0.5) is 4.79 Å². The Morgan fingerprint density at radius 1 is 1.10 bits per heavy atom. The van der Waals surface area contributed by atoms with Crippen LogP contribution < -0.4 is 16.0 Å². The lowest BCUT2D eigenvalue weighted by Gasteiger charge is -2.29. The number of benzene rings is 1. The van der Waals surface area contributed by atoms with E-state index in [2.05, 4.69) is 40.2 Å². The Labute approximate surface area is 125 Å². The van der Waals surface area contributed by atoms with Gasteiger partial charge in [-0.2, -0.15) is 0 Å². The summed E-state index contributed by atoms with van der Waals surface area (Å²) in [4.78, 5) is 22.7. The monoisotopic (exact) mass is 289 g/mol. The summed E-state index contributed by atoms with van der Waals surface area (Å²) in [5, 5.41) is 7.97. The molecule has 0 radical (unpaired) electrons. The fraction of sp³-hybridized carbons (Fsp3) is 0.500. The highest BCUT2D eigenvalue weighted by atomic mass is 16.2. The minimum absolute atomic E-state index is 0.0156. The topological polar surface area (TPSA) is 70.2 Å². The second-order valence-corrected chi connectivity index (χ2v) is 5.46. The first kappa shape index (κ1) is 15.4. The van der Waals surface area contributed by atoms with Gasteiger partial charge < -0.3 is 16.0 Å². The number of hydrogen-bond donors (Lipinski definition) is 3. The van der Waals surface area contributed by atoms with Crippen molar-refractivity contribution < 1.29 is 9.59 Å². The van der Waals surface area contributed by atoms with Crippen molar-refractivity contribution in [2.24, 2.45) is 0 Å². The Bertz CT molecular complexity index is 468. The lowest BCUT2D eigenvalue weighted by Crippen LogP contribution is -2.46. The van der Waals surface area contributed by atoms with Gasteiger partial charge in [0.05, 0.1) is 6.54 Å². The van der Waals surface area contributed by atoms with E-state index in [1.807, 2.05) is 6.07 Å². The predicted octanol–water partition coefficient (Wildman–Crippen LogP) is 1.76. The molecule has 1 aliphatic rings. The standard InChI is InChI=1S/C16H23N3O2/c1-17-15(20)11-18-16(21)19-14-9-7-13(8-10-14)12-5-3-2-4-6-12/h2-6,13-14H,7-11H2,1H3,(H,17,20)(H2,18,19,21). The van der Waals surface area contributed by atoms with Gasteiger partial charge >= 0.3 is 6.03 Å². The van der Waals surface area contributed by atoms with Crippen LogP contribution in [0, 0.1) is 0 Å². The van der Waals surface area contributed by atoms with Crippen LogP contribution in [-0.2, 0) is 4.79 Å². The Hall–Kier alpha value is -2.04. The smallest absolute Gasteiger partial charge is 0.315 e. The molecule has 21 heavy (non-hydrogen) atoms. The van der Waals surface area contributed by atoms with Crippen LogP contribution in [0.3, 0.4) is 0 Å². The molecule has 2 rings (SSSR count). The number of amides is 3. The third kappa shape index (κ3) is 4.77. The largest absolute Gasteiger partial charge is 0.358 e. The molecular weight excluding hydrogens is 266 g/mol. The number of carbonyl (C=O) groups is 2. The van der Waals surface area contributed by atoms with Gasteiger partial charge in [-0.3, -0.25) is 4.79 Å². The van der Waals surface area contributed by atoms with Crippen molar-refractivity contribution in [1.29, 1.82) is 0 Å². The summed E-state index contributed by atoms with van der Waals surface area (Å²) < 4.78 is 0. The van der Waals surface area contributed by atoms with E-state index in [0.717, 1.165) is 25.7 Å². The molecule has 0 spiro atoms. The van der Waals surface area contributed by atoms with Crippen molar-refractivity contribution in [2.45, 2.75) is 37.6 Å². The van der Waals surface area contributed by atoms with Crippen molar-refractivity contribution in [3.8, 4) is 0 Å². The summed E-state index contributed by atoms with van der Waals surface area (Å²) in [5.41, 5.74) is 1.39. The molecule has 114 valence electrons. The van der Waals surface area contributed by atoms with Gasteiger partial charge in [-0.1, -0.05) is 30.3 Å². The van der Waals surface area contributed by atoms with Crippen molar-refractivity contribution in [3.63, 3.8) is 0 Å². The van der Waals surface area contributed by atoms with Crippen LogP contribution in [0.1, 0.15) is 37.2 Å². The summed E-state index contributed by atoms with van der Waals surface area (Å²) in [5.74, 6) is 0.399. The Kier molecular flexibility index (Phi) is 5.60. The molecule has 1 aromatic carbocycles. The number of urea groups is 1. The fourth-order valence-electron chi connectivity index (χ4n) is 2.78. The number of carbonyl (C=O) groups excluding carboxylic acids is 2. The summed E-state index contributed by atoms with van der Waals surface area (Å²) >= 11 is 0. The fourth-order valence-corrected chi connectivity index (χ4v) is 2.78. The van der Waals surface area contributed by atoms with Crippen LogP contribution in [-0.4, -0.2) is 31.6 Å². The zero-order valence-electron chi connectivity index (χ0n) is 12.4. The first-order valence-corrected chi connectivity index (χ1v) is 7.49. The summed E-state index contributed by atoms with van der Waals surface area (Å²) in [7, 11) is 1.55. The average molecular weight is 289 g/mol. The van der Waals surface area contributed by atoms with Crippen molar-refractivity contribution >= 4 is 11.9 Å². The molecule has 0 aromatic heterocycles. The Balaban J connectivity index is 1.72. The Morgan fingerprint density at radius 2 is 1.76 bits per heavy atom. The SMILES string of the molecule is CNC(=O)CNC(=O)NC1CCC(c2ccccc2)CC1. The van der Waals surface area contributed by atoms with Crippen LogP contribution in [0.2, 0.25) is 0 Å². The van der Waals surface area contributed by atoms with E-state index in [4.69, 9.17) is 0 Å². The van der Waals surface area contributed by atoms with Crippen LogP contribution in [0.15, 0.2) is 30.3 Å². The lowest BCUT2D eigenvalue weighted by atomic mass is 9.82. The molecule has 3 N–H and O–H groups in total. The minimum Gasteiger partial charge on any atom is -0.358 e. The average Bonchev–Trinajstić information content (AvgIpc) is 2.54. The summed E-state index contributed by atoms with van der Waals surface area (Å²) in [6.07, 6.45) is 4.13. The first-order chi connectivity index (χ1) is 10.2. The molecule has 5 nitrogen and oxygen atoms in total. The van der Waals surface area contributed by atoms with Gasteiger partial charge in [-0.25, -0.2) is 4.79 Å². The molecule has 5 heteroatoms. The highest BCUT2D eigenvalue weighted by Gasteiger charge is 2.23. The summed E-state index contributed by atoms with van der Waals surface area (Å²) in [6.45, 7) is 0.0156. The second-order valence-electron chi connectivity index (χ2n) is 5.46. The molecule has 3 amide bonds. The molecule has 0 bridgehead atoms. The Morgan fingerprint density at radius 3 is 2.38 bits per heavy atom. The van der Waals surface area contributed by atoms with Crippen molar-refractivity contribution in [2.75, 3.05) is 13.6 Å². The quantitative estimate of drug-likeness (QED) is 0.790. The van der Waals surface area contributed by atoms with Gasteiger partial charge in [0, 0.05) is 13.1 Å². The van der Waals surface area contributed by atoms with E-state index in [1.54, 1.807) is 7.05 Å². The van der Waals surface area contributed by atoms with Crippen LogP contribution in [0.5, 0.6) is 0 Å². The lowest BCUT2D eigenvalue weighted by molar-refractivity contribution is -0.119. The normalized spacial score (nSPS) is 21.4. The highest BCUT2D eigenvalue weighted by molar-refractivity contribution is 5.83. The predicted molar refractivity (Wildman–Crippen MR) is 82.0 cm³/mol. The van der Waals surface area contributed by atoms with Crippen molar-refractivity contribution in [3.05, 3.63) is 35.9 Å². The maximum absolute atomic E-state index is 11.7. The number of rotatable bonds is 4. The maximum atomic E-state index is 11.7. The first-order valence-electron chi connectivity index (χ1n) is 7.49. The molecule has 0 unspecified atom stereocenters. The molecule has 1 aromatic rings. The van der Waals surface area contributed by atoms with E-state index in [0.29, 0.717) is 5.92 Å². The maximum Gasteiger partial charge on any atom is 0.315 e. The molecular formula is C16H23N3O2. The number of nitrogens with one attached hydrogen (secondary N) is 3. The minimum atomic E-state index is -0.262. The van der Waals surface area contributed by atoms with Crippen LogP contribution in [0.25, 0.3) is 0 Å². The second kappa shape index (κ2) is 7.67. The highest BCUT2D eigenvalue weighted by Crippen LogP contribution is 2.32. The van der Waals surface area contributed by atoms with Gasteiger partial charge in [-0.15, -0.1) is 0 Å². The zero-order valence-corrected chi connectivity index (χ0v) is 12.4. The van der Waals surface area contributed by atoms with Crippen molar-refractivity contribution in [1.82, 2.24) is 16.0 Å². The molecule has 0 atom stereocenters. The molecule has 1 fully saturated rings. The van der Waals surface area contributed by atoms with E-state index < -0.39 is 0 Å². The number of likely N-dealkylation sites (N-methyl/N-ethyl adjacent to an activating group) is 1. The van der Waals surface area contributed by atoms with Gasteiger partial charge in [-0.05, 0) is 37.2 Å². The van der Waals surface area contributed by atoms with Crippen LogP contribution >= 0.6 is 0 Å². The molecule has 1 aliphatic carbocycles. The third-order valence-corrected chi connectivity index (χ3v) is 4.02. The van der Waals surface area contributed by atoms with Gasteiger partial charge in [0.2, 0.25) is 5.91 Å².